The summed E-state index contributed by atoms with van der Waals surface area (Å²) in [6.45, 7) is 2.21. The summed E-state index contributed by atoms with van der Waals surface area (Å²) in [5, 5.41) is 54.9. The topological polar surface area (TPSA) is 173 Å². The molecule has 8 atom stereocenters. The third kappa shape index (κ3) is 11.1. The molecule has 6 rings (SSSR count). The van der Waals surface area contributed by atoms with E-state index in [1.165, 1.54) is 24.8 Å². The molecule has 0 amide bonds. The van der Waals surface area contributed by atoms with Crippen molar-refractivity contribution in [2.45, 2.75) is 159 Å². The molecule has 0 spiro atoms. The van der Waals surface area contributed by atoms with Crippen LogP contribution in [-0.4, -0.2) is 59.3 Å². The van der Waals surface area contributed by atoms with Crippen molar-refractivity contribution in [3.8, 4) is 5.75 Å². The number of hydrogen-bond acceptors (Lipinski definition) is 7. The van der Waals surface area contributed by atoms with Gasteiger partial charge in [-0.2, -0.15) is 0 Å². The zero-order chi connectivity index (χ0) is 40.4. The van der Waals surface area contributed by atoms with E-state index in [-0.39, 0.29) is 41.4 Å². The molecule has 0 radical (unpaired) electrons. The average molecular weight is 784 g/mol. The number of aliphatic hydroxyl groups is 3. The van der Waals surface area contributed by atoms with E-state index in [1.807, 2.05) is 24.4 Å². The van der Waals surface area contributed by atoms with Crippen LogP contribution in [-0.2, 0) is 23.1 Å². The molecule has 3 aliphatic carbocycles. The molecule has 0 unspecified atom stereocenters. The second-order valence-corrected chi connectivity index (χ2v) is 18.1. The lowest BCUT2D eigenvalue weighted by Crippen LogP contribution is -2.38. The van der Waals surface area contributed by atoms with Crippen LogP contribution in [0, 0.1) is 29.6 Å². The lowest BCUT2D eigenvalue weighted by Gasteiger charge is -2.37. The van der Waals surface area contributed by atoms with E-state index in [0.29, 0.717) is 43.8 Å². The first-order chi connectivity index (χ1) is 27.5. The number of benzene rings is 1. The van der Waals surface area contributed by atoms with Crippen molar-refractivity contribution in [2.24, 2.45) is 29.6 Å². The molecule has 8 N–H and O–H groups in total. The first kappa shape index (κ1) is 42.9. The number of rotatable bonds is 21. The van der Waals surface area contributed by atoms with E-state index >= 15 is 0 Å². The molecule has 2 saturated carbocycles. The molecule has 9 heteroatoms. The van der Waals surface area contributed by atoms with Crippen molar-refractivity contribution >= 4 is 11.8 Å². The van der Waals surface area contributed by atoms with Gasteiger partial charge in [0, 0.05) is 24.0 Å². The van der Waals surface area contributed by atoms with Gasteiger partial charge in [-0.05, 0) is 147 Å². The average Bonchev–Trinajstić information content (AvgIpc) is 3.94. The zero-order valence-electron chi connectivity index (χ0n) is 34.2. The summed E-state index contributed by atoms with van der Waals surface area (Å²) < 4.78 is 0. The number of anilines is 1. The number of allylic oxidation sites excluding steroid dienone is 1. The molecule has 3 aromatic rings. The first-order valence-electron chi connectivity index (χ1n) is 22.1. The highest BCUT2D eigenvalue weighted by atomic mass is 16.4. The molecule has 57 heavy (non-hydrogen) atoms. The smallest absolute Gasteiger partial charge is 0.309 e. The molecule has 0 bridgehead atoms. The number of aromatic amines is 1. The van der Waals surface area contributed by atoms with Crippen LogP contribution in [0.2, 0.25) is 0 Å². The van der Waals surface area contributed by atoms with E-state index in [1.54, 1.807) is 18.3 Å². The van der Waals surface area contributed by atoms with Gasteiger partial charge in [-0.15, -0.1) is 0 Å². The Morgan fingerprint density at radius 1 is 0.965 bits per heavy atom. The Kier molecular flexibility index (Phi) is 15.0. The number of aliphatic hydroxyl groups excluding tert-OH is 2. The highest BCUT2D eigenvalue weighted by Crippen LogP contribution is 2.57. The van der Waals surface area contributed by atoms with Gasteiger partial charge in [-0.1, -0.05) is 82.6 Å². The number of unbranched alkanes of at least 4 members (excludes halogenated alkanes) is 4. The van der Waals surface area contributed by atoms with Crippen LogP contribution in [0.3, 0.4) is 0 Å². The second-order valence-electron chi connectivity index (χ2n) is 18.1. The number of phenols is 1. The Labute approximate surface area is 340 Å². The van der Waals surface area contributed by atoms with Gasteiger partial charge < -0.3 is 36.3 Å². The molecular formula is C48H69N3O6. The number of carbonyl (C=O) groups is 1. The maximum absolute atomic E-state index is 12.7. The number of nitrogens with zero attached hydrogens (tertiary/aromatic N) is 1. The largest absolute Gasteiger partial charge is 0.508 e. The van der Waals surface area contributed by atoms with Crippen LogP contribution in [0.1, 0.15) is 145 Å². The molecule has 0 aliphatic heterocycles. The van der Waals surface area contributed by atoms with Crippen LogP contribution >= 0.6 is 0 Å². The van der Waals surface area contributed by atoms with Crippen molar-refractivity contribution < 1.29 is 30.3 Å². The molecule has 2 heterocycles. The molecule has 3 aliphatic rings. The van der Waals surface area contributed by atoms with Gasteiger partial charge in [-0.25, -0.2) is 4.98 Å². The van der Waals surface area contributed by atoms with E-state index in [4.69, 9.17) is 5.73 Å². The fourth-order valence-corrected chi connectivity index (χ4v) is 10.9. The van der Waals surface area contributed by atoms with Gasteiger partial charge in [0.1, 0.15) is 11.6 Å². The fourth-order valence-electron chi connectivity index (χ4n) is 10.9. The zero-order valence-corrected chi connectivity index (χ0v) is 34.2. The fraction of sp³-hybridized carbons (Fsp3) is 0.625. The summed E-state index contributed by atoms with van der Waals surface area (Å²) in [6, 6.07) is 13.5. The number of aliphatic carboxylic acids is 1. The van der Waals surface area contributed by atoms with Crippen LogP contribution in [0.4, 0.5) is 5.82 Å². The number of aromatic nitrogens is 2. The Hall–Kier alpha value is -3.66. The SMILES string of the molecule is CCCCC[C@H]1C=C[C@H](CCCCC[C@H](C(=O)O)[C@H](O)CC[C@@]2(O)C[C@@H](C3(c4ccnc(N)c4)CCCC3)C[C@H]2Cc2cc(Cc3ccc(O)cc3)c[nH]2)[C@H](O)C1. The van der Waals surface area contributed by atoms with Gasteiger partial charge >= 0.3 is 5.97 Å². The minimum atomic E-state index is -1.07. The van der Waals surface area contributed by atoms with E-state index in [0.717, 1.165) is 87.4 Å². The van der Waals surface area contributed by atoms with Crippen molar-refractivity contribution in [3.63, 3.8) is 0 Å². The van der Waals surface area contributed by atoms with Crippen molar-refractivity contribution in [2.75, 3.05) is 5.73 Å². The number of nitrogens with two attached hydrogens (primary N) is 1. The number of nitrogen functional groups attached to an aromatic ring is 1. The number of H-pyrrole nitrogens is 1. The lowest BCUT2D eigenvalue weighted by molar-refractivity contribution is -0.146. The van der Waals surface area contributed by atoms with Crippen LogP contribution in [0.15, 0.2) is 67.0 Å². The predicted octanol–water partition coefficient (Wildman–Crippen LogP) is 9.03. The number of carboxylic acids is 1. The van der Waals surface area contributed by atoms with Crippen LogP contribution in [0.5, 0.6) is 5.75 Å². The van der Waals surface area contributed by atoms with Gasteiger partial charge in [0.05, 0.1) is 23.7 Å². The molecule has 2 aromatic heterocycles. The quantitative estimate of drug-likeness (QED) is 0.0414. The number of aromatic hydroxyl groups is 1. The number of hydrogen-bond donors (Lipinski definition) is 7. The lowest BCUT2D eigenvalue weighted by atomic mass is 9.67. The molecule has 2 fully saturated rings. The monoisotopic (exact) mass is 784 g/mol. The molecule has 1 aromatic carbocycles. The predicted molar refractivity (Wildman–Crippen MR) is 226 cm³/mol. The van der Waals surface area contributed by atoms with Gasteiger partial charge in [0.2, 0.25) is 0 Å². The van der Waals surface area contributed by atoms with Crippen LogP contribution < -0.4 is 5.73 Å². The third-order valence-corrected chi connectivity index (χ3v) is 14.2. The summed E-state index contributed by atoms with van der Waals surface area (Å²) in [5.41, 5.74) is 9.51. The molecule has 9 nitrogen and oxygen atoms in total. The molecule has 312 valence electrons. The highest BCUT2D eigenvalue weighted by molar-refractivity contribution is 5.70. The Morgan fingerprint density at radius 2 is 1.74 bits per heavy atom. The highest BCUT2D eigenvalue weighted by Gasteiger charge is 2.54. The van der Waals surface area contributed by atoms with Crippen molar-refractivity contribution in [1.82, 2.24) is 9.97 Å². The maximum atomic E-state index is 12.7. The minimum Gasteiger partial charge on any atom is -0.508 e. The van der Waals surface area contributed by atoms with Gasteiger partial charge in [0.25, 0.3) is 0 Å². The van der Waals surface area contributed by atoms with E-state index in [2.05, 4.69) is 41.2 Å². The number of pyridine rings is 1. The van der Waals surface area contributed by atoms with Crippen molar-refractivity contribution in [1.29, 1.82) is 0 Å². The molecular weight excluding hydrogens is 715 g/mol. The maximum Gasteiger partial charge on any atom is 0.309 e. The van der Waals surface area contributed by atoms with Crippen molar-refractivity contribution in [3.05, 3.63) is 89.4 Å². The second kappa shape index (κ2) is 19.9. The first-order valence-corrected chi connectivity index (χ1v) is 22.1. The van der Waals surface area contributed by atoms with E-state index in [9.17, 15) is 30.3 Å². The van der Waals surface area contributed by atoms with E-state index < -0.39 is 23.6 Å². The summed E-state index contributed by atoms with van der Waals surface area (Å²) in [7, 11) is 0. The standard InChI is InChI=1S/C48H69N3O6/c1-2-3-5-10-33-13-16-36(44(54)27-33)11-6-4-7-12-42(46(55)56)43(53)19-23-48(57)31-39(47(21-8-9-22-47)37-20-24-50-45(49)30-37)28-38(48)29-40-26-35(32-51-40)25-34-14-17-41(52)18-15-34/h13-18,20,24,26,30,32-33,36,38-39,42-44,51-54,57H,2-12,19,21-23,25,27-29,31H2,1H3,(H2,49,50)(H,55,56)/t33-,36-,38-,39-,42-,43+,44+,48+/m0/s1. The number of phenolic OH excluding ortho intramolecular Hbond substituents is 1. The van der Waals surface area contributed by atoms with Gasteiger partial charge in [0.15, 0.2) is 0 Å². The summed E-state index contributed by atoms with van der Waals surface area (Å²) >= 11 is 0. The van der Waals surface area contributed by atoms with Crippen LogP contribution in [0.25, 0.3) is 0 Å². The number of carboxylic acid groups (broad SMARTS) is 1. The Morgan fingerprint density at radius 3 is 2.46 bits per heavy atom. The normalized spacial score (nSPS) is 26.8. The number of nitrogens with one attached hydrogen (secondary N) is 1. The summed E-state index contributed by atoms with van der Waals surface area (Å²) in [6.07, 6.45) is 24.0. The van der Waals surface area contributed by atoms with Gasteiger partial charge in [-0.3, -0.25) is 4.79 Å². The third-order valence-electron chi connectivity index (χ3n) is 14.2. The minimum absolute atomic E-state index is 0.0781. The summed E-state index contributed by atoms with van der Waals surface area (Å²) in [4.78, 5) is 20.3. The molecule has 0 saturated heterocycles. The Bertz CT molecular complexity index is 1730. The Balaban J connectivity index is 1.08. The summed E-state index contributed by atoms with van der Waals surface area (Å²) in [5.74, 6) is -0.360.